The number of hydrogen-bond acceptors (Lipinski definition) is 3. The van der Waals surface area contributed by atoms with E-state index in [4.69, 9.17) is 4.74 Å². The first-order valence-electron chi connectivity index (χ1n) is 7.59. The molecule has 0 aromatic heterocycles. The first kappa shape index (κ1) is 13.3. The van der Waals surface area contributed by atoms with E-state index in [9.17, 15) is 9.59 Å². The SMILES string of the molecule is C=C1C(=O)O[C@H]2C3=C(c4ccccc4)C(=O)CC3=CCC[C@@H]12. The van der Waals surface area contributed by atoms with Gasteiger partial charge in [-0.3, -0.25) is 4.79 Å². The minimum absolute atomic E-state index is 0.0131. The summed E-state index contributed by atoms with van der Waals surface area (Å²) < 4.78 is 5.58. The second-order valence-electron chi connectivity index (χ2n) is 6.02. The van der Waals surface area contributed by atoms with E-state index in [1.165, 1.54) is 0 Å². The number of benzene rings is 1. The highest BCUT2D eigenvalue weighted by molar-refractivity contribution is 6.26. The van der Waals surface area contributed by atoms with Gasteiger partial charge >= 0.3 is 5.97 Å². The van der Waals surface area contributed by atoms with Crippen LogP contribution >= 0.6 is 0 Å². The van der Waals surface area contributed by atoms with Gasteiger partial charge in [0.25, 0.3) is 0 Å². The fraction of sp³-hybridized carbons (Fsp3) is 0.263. The maximum Gasteiger partial charge on any atom is 0.334 e. The van der Waals surface area contributed by atoms with E-state index in [1.807, 2.05) is 30.3 Å². The number of Topliss-reactive ketones (excluding diaryl/α,β-unsaturated/α-hetero) is 1. The minimum Gasteiger partial charge on any atom is -0.453 e. The second-order valence-corrected chi connectivity index (χ2v) is 6.02. The van der Waals surface area contributed by atoms with Crippen LogP contribution in [0.2, 0.25) is 0 Å². The second kappa shape index (κ2) is 4.80. The molecule has 1 saturated heterocycles. The number of carbonyl (C=O) groups excluding carboxylic acids is 2. The van der Waals surface area contributed by atoms with Gasteiger partial charge in [-0.25, -0.2) is 4.79 Å². The largest absolute Gasteiger partial charge is 0.453 e. The molecule has 0 unspecified atom stereocenters. The van der Waals surface area contributed by atoms with E-state index in [1.54, 1.807) is 0 Å². The van der Waals surface area contributed by atoms with Gasteiger partial charge in [-0.05, 0) is 24.0 Å². The lowest BCUT2D eigenvalue weighted by atomic mass is 9.87. The molecule has 0 spiro atoms. The van der Waals surface area contributed by atoms with Gasteiger partial charge < -0.3 is 4.74 Å². The van der Waals surface area contributed by atoms with Crippen molar-refractivity contribution in [1.29, 1.82) is 0 Å². The Bertz CT molecular complexity index is 752. The third-order valence-corrected chi connectivity index (χ3v) is 4.77. The Morgan fingerprint density at radius 2 is 1.91 bits per heavy atom. The average molecular weight is 292 g/mol. The Kier molecular flexibility index (Phi) is 2.89. The van der Waals surface area contributed by atoms with Crippen molar-refractivity contribution in [2.24, 2.45) is 5.92 Å². The molecule has 22 heavy (non-hydrogen) atoms. The third-order valence-electron chi connectivity index (χ3n) is 4.77. The van der Waals surface area contributed by atoms with Crippen LogP contribution in [0, 0.1) is 5.92 Å². The molecule has 0 saturated carbocycles. The van der Waals surface area contributed by atoms with Gasteiger partial charge in [0.2, 0.25) is 0 Å². The highest BCUT2D eigenvalue weighted by Crippen LogP contribution is 2.47. The van der Waals surface area contributed by atoms with Crippen LogP contribution in [-0.2, 0) is 14.3 Å². The summed E-state index contributed by atoms with van der Waals surface area (Å²) in [4.78, 5) is 24.5. The van der Waals surface area contributed by atoms with Crippen LogP contribution in [0.3, 0.4) is 0 Å². The van der Waals surface area contributed by atoms with Gasteiger partial charge in [0.1, 0.15) is 6.10 Å². The van der Waals surface area contributed by atoms with Crippen molar-refractivity contribution < 1.29 is 14.3 Å². The van der Waals surface area contributed by atoms with Crippen molar-refractivity contribution >= 4 is 17.3 Å². The fourth-order valence-electron chi connectivity index (χ4n) is 3.73. The average Bonchev–Trinajstić information content (AvgIpc) is 2.92. The van der Waals surface area contributed by atoms with Crippen LogP contribution in [0.25, 0.3) is 5.57 Å². The van der Waals surface area contributed by atoms with Crippen molar-refractivity contribution in [3.63, 3.8) is 0 Å². The van der Waals surface area contributed by atoms with Gasteiger partial charge in [0.15, 0.2) is 5.78 Å². The molecule has 0 N–H and O–H groups in total. The molecule has 3 nitrogen and oxygen atoms in total. The molecular weight excluding hydrogens is 276 g/mol. The topological polar surface area (TPSA) is 43.4 Å². The molecule has 4 rings (SSSR count). The Balaban J connectivity index is 1.92. The highest BCUT2D eigenvalue weighted by atomic mass is 16.6. The van der Waals surface area contributed by atoms with E-state index >= 15 is 0 Å². The molecule has 1 fully saturated rings. The summed E-state index contributed by atoms with van der Waals surface area (Å²) in [6.45, 7) is 3.89. The van der Waals surface area contributed by atoms with Crippen molar-refractivity contribution in [2.75, 3.05) is 0 Å². The summed E-state index contributed by atoms with van der Waals surface area (Å²) in [6.07, 6.45) is 3.88. The first-order chi connectivity index (χ1) is 10.7. The van der Waals surface area contributed by atoms with E-state index in [0.29, 0.717) is 17.6 Å². The molecule has 2 aliphatic carbocycles. The van der Waals surface area contributed by atoms with Crippen molar-refractivity contribution in [1.82, 2.24) is 0 Å². The Morgan fingerprint density at radius 3 is 2.68 bits per heavy atom. The molecule has 2 atom stereocenters. The maximum atomic E-state index is 12.5. The van der Waals surface area contributed by atoms with Crippen LogP contribution < -0.4 is 0 Å². The number of fused-ring (bicyclic) bond motifs is 3. The summed E-state index contributed by atoms with van der Waals surface area (Å²) in [5.41, 5.74) is 4.09. The molecule has 0 amide bonds. The molecule has 0 radical (unpaired) electrons. The predicted octanol–water partition coefficient (Wildman–Crippen LogP) is 3.23. The number of ketones is 1. The quantitative estimate of drug-likeness (QED) is 0.589. The number of allylic oxidation sites excluding steroid dienone is 2. The predicted molar refractivity (Wildman–Crippen MR) is 82.8 cm³/mol. The first-order valence-corrected chi connectivity index (χ1v) is 7.59. The van der Waals surface area contributed by atoms with Gasteiger partial charge in [-0.2, -0.15) is 0 Å². The third kappa shape index (κ3) is 1.82. The molecule has 3 heteroatoms. The summed E-state index contributed by atoms with van der Waals surface area (Å²) >= 11 is 0. The normalized spacial score (nSPS) is 27.3. The minimum atomic E-state index is -0.351. The number of rotatable bonds is 1. The Hall–Kier alpha value is -2.42. The Morgan fingerprint density at radius 1 is 1.14 bits per heavy atom. The van der Waals surface area contributed by atoms with Crippen LogP contribution in [0.15, 0.2) is 59.7 Å². The van der Waals surface area contributed by atoms with Gasteiger partial charge in [0.05, 0.1) is 0 Å². The summed E-state index contributed by atoms with van der Waals surface area (Å²) in [7, 11) is 0. The maximum absolute atomic E-state index is 12.5. The number of ether oxygens (including phenoxy) is 1. The van der Waals surface area contributed by atoms with E-state index < -0.39 is 0 Å². The molecule has 1 heterocycles. The summed E-state index contributed by atoms with van der Waals surface area (Å²) in [5.74, 6) is -0.224. The zero-order valence-corrected chi connectivity index (χ0v) is 12.2. The summed E-state index contributed by atoms with van der Waals surface area (Å²) in [6, 6.07) is 9.65. The smallest absolute Gasteiger partial charge is 0.334 e. The number of carbonyl (C=O) groups is 2. The van der Waals surface area contributed by atoms with Crippen LogP contribution in [-0.4, -0.2) is 17.9 Å². The van der Waals surface area contributed by atoms with Crippen molar-refractivity contribution in [3.8, 4) is 0 Å². The van der Waals surface area contributed by atoms with Crippen molar-refractivity contribution in [3.05, 3.63) is 65.3 Å². The number of hydrogen-bond donors (Lipinski definition) is 0. The highest BCUT2D eigenvalue weighted by Gasteiger charge is 2.46. The lowest BCUT2D eigenvalue weighted by Gasteiger charge is -2.18. The molecule has 110 valence electrons. The van der Waals surface area contributed by atoms with E-state index in [2.05, 4.69) is 12.7 Å². The lowest BCUT2D eigenvalue weighted by molar-refractivity contribution is -0.137. The van der Waals surface area contributed by atoms with Crippen molar-refractivity contribution in [2.45, 2.75) is 25.4 Å². The van der Waals surface area contributed by atoms with E-state index in [0.717, 1.165) is 29.6 Å². The molecule has 1 aromatic rings. The van der Waals surface area contributed by atoms with Crippen LogP contribution in [0.5, 0.6) is 0 Å². The molecule has 1 aliphatic heterocycles. The van der Waals surface area contributed by atoms with Crippen LogP contribution in [0.1, 0.15) is 24.8 Å². The number of esters is 1. The molecule has 0 bridgehead atoms. The standard InChI is InChI=1S/C19H16O3/c1-11-14-9-5-8-13-10-15(20)16(12-6-3-2-4-7-12)17(13)18(14)22-19(11)21/h2-4,6-8,14,18H,1,5,9-10H2/t14-,18+/m0/s1. The Labute approximate surface area is 129 Å². The van der Waals surface area contributed by atoms with Gasteiger partial charge in [0, 0.05) is 29.1 Å². The monoisotopic (exact) mass is 292 g/mol. The molecule has 1 aromatic carbocycles. The van der Waals surface area contributed by atoms with Gasteiger partial charge in [-0.15, -0.1) is 0 Å². The summed E-state index contributed by atoms with van der Waals surface area (Å²) in [5, 5.41) is 0. The fourth-order valence-corrected chi connectivity index (χ4v) is 3.73. The lowest BCUT2D eigenvalue weighted by Crippen LogP contribution is -2.19. The van der Waals surface area contributed by atoms with Gasteiger partial charge in [-0.1, -0.05) is 43.0 Å². The van der Waals surface area contributed by atoms with Crippen LogP contribution in [0.4, 0.5) is 0 Å². The molecular formula is C19H16O3. The molecule has 3 aliphatic rings. The zero-order chi connectivity index (χ0) is 15.3. The zero-order valence-electron chi connectivity index (χ0n) is 12.2. The van der Waals surface area contributed by atoms with E-state index in [-0.39, 0.29) is 23.8 Å².